The van der Waals surface area contributed by atoms with E-state index in [-0.39, 0.29) is 6.42 Å². The molecule has 0 aliphatic carbocycles. The molecule has 0 saturated heterocycles. The summed E-state index contributed by atoms with van der Waals surface area (Å²) < 4.78 is 41.7. The van der Waals surface area contributed by atoms with Crippen LogP contribution in [-0.2, 0) is 6.18 Å². The first-order valence-electron chi connectivity index (χ1n) is 10.0. The van der Waals surface area contributed by atoms with Gasteiger partial charge in [-0.1, -0.05) is 25.1 Å². The number of hydrogen-bond acceptors (Lipinski definition) is 4. The molecule has 0 spiro atoms. The number of thiophene rings is 1. The molecule has 2 aromatic carbocycles. The quantitative estimate of drug-likeness (QED) is 0.217. The van der Waals surface area contributed by atoms with Gasteiger partial charge in [-0.3, -0.25) is 0 Å². The molecule has 32 heavy (non-hydrogen) atoms. The van der Waals surface area contributed by atoms with Gasteiger partial charge in [-0.05, 0) is 47.7 Å². The van der Waals surface area contributed by atoms with Crippen molar-refractivity contribution in [1.29, 1.82) is 5.41 Å². The van der Waals surface area contributed by atoms with Gasteiger partial charge in [-0.15, -0.1) is 11.3 Å². The zero-order valence-corrected chi connectivity index (χ0v) is 18.1. The number of nitrogens with two attached hydrogens (primary N) is 1. The summed E-state index contributed by atoms with van der Waals surface area (Å²) in [7, 11) is 0. The van der Waals surface area contributed by atoms with E-state index in [4.69, 9.17) is 11.1 Å². The minimum atomic E-state index is -4.48. The van der Waals surface area contributed by atoms with Gasteiger partial charge in [0.1, 0.15) is 0 Å². The molecule has 2 aromatic heterocycles. The van der Waals surface area contributed by atoms with Crippen LogP contribution in [-0.4, -0.2) is 16.2 Å². The fourth-order valence-corrected chi connectivity index (χ4v) is 4.77. The molecule has 4 aromatic rings. The number of halogens is 3. The fourth-order valence-electron chi connectivity index (χ4n) is 3.66. The summed E-state index contributed by atoms with van der Waals surface area (Å²) in [6, 6.07) is 12.2. The van der Waals surface area contributed by atoms with E-state index in [0.717, 1.165) is 27.1 Å². The Hall–Kier alpha value is -3.39. The molecule has 0 radical (unpaired) electrons. The second kappa shape index (κ2) is 8.63. The van der Waals surface area contributed by atoms with E-state index in [1.54, 1.807) is 11.3 Å². The number of aromatic nitrogens is 2. The monoisotopic (exact) mass is 454 g/mol. The predicted octanol–water partition coefficient (Wildman–Crippen LogP) is 7.00. The molecule has 0 fully saturated rings. The van der Waals surface area contributed by atoms with E-state index < -0.39 is 11.7 Å². The first kappa shape index (κ1) is 21.8. The van der Waals surface area contributed by atoms with Gasteiger partial charge in [0.25, 0.3) is 0 Å². The Morgan fingerprint density at radius 2 is 2.00 bits per heavy atom. The van der Waals surface area contributed by atoms with Gasteiger partial charge in [0.05, 0.1) is 22.9 Å². The fraction of sp³-hybridized carbons (Fsp3) is 0.167. The maximum absolute atomic E-state index is 13.5. The number of hydrogen-bond donors (Lipinski definition) is 3. The van der Waals surface area contributed by atoms with Crippen molar-refractivity contribution >= 4 is 49.8 Å². The molecule has 164 valence electrons. The highest BCUT2D eigenvalue weighted by atomic mass is 32.1. The maximum Gasteiger partial charge on any atom is 0.416 e. The van der Waals surface area contributed by atoms with Gasteiger partial charge >= 0.3 is 6.18 Å². The number of fused-ring (bicyclic) bond motifs is 2. The van der Waals surface area contributed by atoms with Crippen LogP contribution < -0.4 is 5.73 Å². The van der Waals surface area contributed by atoms with Crippen LogP contribution in [0.25, 0.3) is 32.3 Å². The van der Waals surface area contributed by atoms with E-state index in [1.165, 1.54) is 12.5 Å². The van der Waals surface area contributed by atoms with Crippen LogP contribution in [0.5, 0.6) is 0 Å². The molecule has 0 saturated carbocycles. The number of benzene rings is 2. The van der Waals surface area contributed by atoms with Crippen molar-refractivity contribution in [3.05, 3.63) is 76.6 Å². The minimum absolute atomic E-state index is 0.247. The summed E-state index contributed by atoms with van der Waals surface area (Å²) in [4.78, 5) is 7.96. The van der Waals surface area contributed by atoms with Crippen molar-refractivity contribution in [2.24, 2.45) is 5.73 Å². The molecule has 2 heterocycles. The topological polar surface area (TPSA) is 78.5 Å². The molecule has 0 amide bonds. The maximum atomic E-state index is 13.5. The van der Waals surface area contributed by atoms with Gasteiger partial charge in [0.2, 0.25) is 0 Å². The highest BCUT2D eigenvalue weighted by Crippen LogP contribution is 2.38. The minimum Gasteiger partial charge on any atom is -0.401 e. The first-order chi connectivity index (χ1) is 15.3. The summed E-state index contributed by atoms with van der Waals surface area (Å²) in [6.07, 6.45) is 0.711. The van der Waals surface area contributed by atoms with E-state index in [2.05, 4.69) is 9.97 Å². The predicted molar refractivity (Wildman–Crippen MR) is 126 cm³/mol. The summed E-state index contributed by atoms with van der Waals surface area (Å²) >= 11 is 1.56. The molecule has 0 unspecified atom stereocenters. The molecule has 0 aliphatic heterocycles. The normalized spacial score (nSPS) is 13.6. The molecule has 0 aliphatic rings. The SMILES string of the molecule is CC/C(=C\C(=C(\N)CC=N)c1cc2ccccc2s1)c1cc(C(F)(F)F)cc2[nH]cnc12. The number of H-pyrrole nitrogens is 1. The molecule has 0 atom stereocenters. The second-order valence-electron chi connectivity index (χ2n) is 7.34. The molecule has 0 bridgehead atoms. The second-order valence-corrected chi connectivity index (χ2v) is 8.42. The zero-order valence-electron chi connectivity index (χ0n) is 17.3. The summed E-state index contributed by atoms with van der Waals surface area (Å²) in [6.45, 7) is 1.89. The molecular weight excluding hydrogens is 433 g/mol. The summed E-state index contributed by atoms with van der Waals surface area (Å²) in [5.74, 6) is 0. The van der Waals surface area contributed by atoms with Crippen molar-refractivity contribution in [2.45, 2.75) is 25.9 Å². The van der Waals surface area contributed by atoms with Crippen LogP contribution in [0.4, 0.5) is 13.2 Å². The van der Waals surface area contributed by atoms with Crippen LogP contribution in [0.3, 0.4) is 0 Å². The zero-order chi connectivity index (χ0) is 22.9. The van der Waals surface area contributed by atoms with Crippen molar-refractivity contribution in [1.82, 2.24) is 9.97 Å². The Kier molecular flexibility index (Phi) is 5.88. The number of nitrogens with one attached hydrogen (secondary N) is 2. The van der Waals surface area contributed by atoms with Crippen LogP contribution in [0.2, 0.25) is 0 Å². The Balaban J connectivity index is 1.94. The van der Waals surface area contributed by atoms with Crippen molar-refractivity contribution < 1.29 is 13.2 Å². The third-order valence-electron chi connectivity index (χ3n) is 5.26. The number of nitrogens with zero attached hydrogens (tertiary/aromatic N) is 1. The smallest absolute Gasteiger partial charge is 0.401 e. The van der Waals surface area contributed by atoms with Gasteiger partial charge in [-0.2, -0.15) is 13.2 Å². The third-order valence-corrected chi connectivity index (χ3v) is 6.40. The van der Waals surface area contributed by atoms with Crippen LogP contribution in [0.1, 0.15) is 35.8 Å². The summed E-state index contributed by atoms with van der Waals surface area (Å²) in [5.41, 5.74) is 8.73. The van der Waals surface area contributed by atoms with Gasteiger partial charge < -0.3 is 16.1 Å². The standard InChI is InChI=1S/C24H21F3N4S/c1-2-14(17-11-16(24(25,26)27)12-20-23(17)31-13-30-20)9-18(19(29)7-8-28)22-10-15-5-3-4-6-21(15)32-22/h3-6,8-13,28H,2,7,29H2,1H3,(H,30,31)/b14-9+,19-18-,28-8?. The van der Waals surface area contributed by atoms with E-state index in [0.29, 0.717) is 39.9 Å². The van der Waals surface area contributed by atoms with E-state index >= 15 is 0 Å². The number of allylic oxidation sites excluding steroid dienone is 4. The third kappa shape index (κ3) is 4.18. The highest BCUT2D eigenvalue weighted by Gasteiger charge is 2.32. The Labute approximate surface area is 186 Å². The molecular formula is C24H21F3N4S. The van der Waals surface area contributed by atoms with Crippen molar-refractivity contribution in [3.63, 3.8) is 0 Å². The van der Waals surface area contributed by atoms with Crippen molar-refractivity contribution in [2.75, 3.05) is 0 Å². The van der Waals surface area contributed by atoms with Crippen molar-refractivity contribution in [3.8, 4) is 0 Å². The van der Waals surface area contributed by atoms with Gasteiger partial charge in [0, 0.05) is 39.0 Å². The van der Waals surface area contributed by atoms with E-state index in [1.807, 2.05) is 43.3 Å². The van der Waals surface area contributed by atoms with E-state index in [9.17, 15) is 13.2 Å². The average Bonchev–Trinajstić information content (AvgIpc) is 3.40. The molecule has 4 N–H and O–H groups in total. The number of rotatable bonds is 6. The largest absolute Gasteiger partial charge is 0.416 e. The highest BCUT2D eigenvalue weighted by molar-refractivity contribution is 7.20. The average molecular weight is 455 g/mol. The van der Waals surface area contributed by atoms with Crippen LogP contribution in [0, 0.1) is 5.41 Å². The summed E-state index contributed by atoms with van der Waals surface area (Å²) in [5, 5.41) is 8.54. The number of aromatic amines is 1. The van der Waals surface area contributed by atoms with Gasteiger partial charge in [0.15, 0.2) is 0 Å². The molecule has 4 rings (SSSR count). The Morgan fingerprint density at radius 1 is 1.22 bits per heavy atom. The number of imidazole rings is 1. The van der Waals surface area contributed by atoms with Gasteiger partial charge in [-0.25, -0.2) is 4.98 Å². The lowest BCUT2D eigenvalue weighted by molar-refractivity contribution is -0.137. The van der Waals surface area contributed by atoms with Crippen LogP contribution in [0.15, 0.2) is 60.6 Å². The Bertz CT molecular complexity index is 1330. The molecule has 8 heteroatoms. The van der Waals surface area contributed by atoms with Crippen LogP contribution >= 0.6 is 11.3 Å². The lowest BCUT2D eigenvalue weighted by Crippen LogP contribution is -2.06. The lowest BCUT2D eigenvalue weighted by atomic mass is 9.95. The lowest BCUT2D eigenvalue weighted by Gasteiger charge is -2.13. The number of alkyl halides is 3. The first-order valence-corrected chi connectivity index (χ1v) is 10.8. The molecule has 4 nitrogen and oxygen atoms in total. The Morgan fingerprint density at radius 3 is 2.69 bits per heavy atom.